The maximum absolute atomic E-state index is 13.7. The van der Waals surface area contributed by atoms with Crippen molar-refractivity contribution in [3.8, 4) is 11.8 Å². The molecule has 40 heavy (non-hydrogen) atoms. The summed E-state index contributed by atoms with van der Waals surface area (Å²) in [5.41, 5.74) is 3.88. The van der Waals surface area contributed by atoms with Crippen LogP contribution >= 0.6 is 11.8 Å². The lowest BCUT2D eigenvalue weighted by Gasteiger charge is -2.31. The summed E-state index contributed by atoms with van der Waals surface area (Å²) in [6.07, 6.45) is 1.86. The van der Waals surface area contributed by atoms with E-state index in [2.05, 4.69) is 22.8 Å². The number of para-hydroxylation sites is 3. The largest absolute Gasteiger partial charge is 0.495 e. The van der Waals surface area contributed by atoms with Crippen LogP contribution < -0.4 is 20.3 Å². The topological polar surface area (TPSA) is 108 Å². The Balaban J connectivity index is 1.44. The summed E-state index contributed by atoms with van der Waals surface area (Å²) in [5, 5.41) is 17.0. The zero-order valence-electron chi connectivity index (χ0n) is 22.6. The number of ether oxygens (including phenoxy) is 1. The van der Waals surface area contributed by atoms with Crippen LogP contribution in [0.25, 0.3) is 0 Å². The number of carbonyl (C=O) groups is 2. The molecule has 204 valence electrons. The predicted octanol–water partition coefficient (Wildman–Crippen LogP) is 5.64. The van der Waals surface area contributed by atoms with Crippen LogP contribution in [0.2, 0.25) is 0 Å². The Morgan fingerprint density at radius 1 is 1.15 bits per heavy atom. The van der Waals surface area contributed by atoms with Gasteiger partial charge in [0.15, 0.2) is 0 Å². The highest BCUT2D eigenvalue weighted by molar-refractivity contribution is 8.03. The van der Waals surface area contributed by atoms with Crippen LogP contribution in [-0.4, -0.2) is 31.2 Å². The van der Waals surface area contributed by atoms with Crippen LogP contribution in [-0.2, 0) is 16.0 Å². The van der Waals surface area contributed by atoms with E-state index >= 15 is 0 Å². The SMILES string of the molecule is COc1ccccc1NC(=O)C1=C(C)NC(SCC(=O)N2CCCc3ccccc32)=C(C#N)[C@H]1c1ccc(C)o1. The molecule has 9 heteroatoms. The highest BCUT2D eigenvalue weighted by Crippen LogP contribution is 2.42. The number of furan rings is 1. The number of allylic oxidation sites excluding steroid dienone is 2. The smallest absolute Gasteiger partial charge is 0.254 e. The lowest BCUT2D eigenvalue weighted by molar-refractivity contribution is -0.116. The van der Waals surface area contributed by atoms with E-state index in [9.17, 15) is 14.9 Å². The number of rotatable bonds is 7. The normalized spacial score (nSPS) is 16.6. The summed E-state index contributed by atoms with van der Waals surface area (Å²) < 4.78 is 11.3. The second kappa shape index (κ2) is 11.8. The molecule has 2 aliphatic rings. The van der Waals surface area contributed by atoms with Gasteiger partial charge in [-0.15, -0.1) is 0 Å². The number of methoxy groups -OCH3 is 1. The molecule has 2 N–H and O–H groups in total. The van der Waals surface area contributed by atoms with E-state index in [1.807, 2.05) is 42.2 Å². The molecular formula is C31H30N4O4S. The van der Waals surface area contributed by atoms with Gasteiger partial charge in [-0.3, -0.25) is 9.59 Å². The molecule has 2 aromatic carbocycles. The van der Waals surface area contributed by atoms with Gasteiger partial charge in [0.2, 0.25) is 5.91 Å². The van der Waals surface area contributed by atoms with Crippen LogP contribution in [0, 0.1) is 18.3 Å². The molecule has 0 fully saturated rings. The molecule has 0 saturated heterocycles. The Kier molecular flexibility index (Phi) is 7.99. The van der Waals surface area contributed by atoms with Gasteiger partial charge in [-0.05, 0) is 62.6 Å². The van der Waals surface area contributed by atoms with Gasteiger partial charge in [-0.1, -0.05) is 42.1 Å². The van der Waals surface area contributed by atoms with Gasteiger partial charge >= 0.3 is 0 Å². The minimum absolute atomic E-state index is 0.0320. The molecule has 2 amide bonds. The number of amides is 2. The predicted molar refractivity (Wildman–Crippen MR) is 156 cm³/mol. The fourth-order valence-electron chi connectivity index (χ4n) is 5.16. The minimum Gasteiger partial charge on any atom is -0.495 e. The molecule has 1 atom stereocenters. The van der Waals surface area contributed by atoms with Crippen LogP contribution in [0.4, 0.5) is 11.4 Å². The number of aryl methyl sites for hydroxylation is 2. The zero-order valence-corrected chi connectivity index (χ0v) is 23.4. The van der Waals surface area contributed by atoms with Gasteiger partial charge < -0.3 is 24.7 Å². The van der Waals surface area contributed by atoms with Crippen LogP contribution in [0.5, 0.6) is 5.75 Å². The molecule has 3 heterocycles. The van der Waals surface area contributed by atoms with E-state index in [-0.39, 0.29) is 17.6 Å². The maximum atomic E-state index is 13.7. The number of hydrogen-bond acceptors (Lipinski definition) is 7. The number of nitrogens with one attached hydrogen (secondary N) is 2. The number of thioether (sulfide) groups is 1. The Morgan fingerprint density at radius 2 is 1.93 bits per heavy atom. The third kappa shape index (κ3) is 5.36. The molecule has 0 bridgehead atoms. The third-order valence-corrected chi connectivity index (χ3v) is 8.05. The van der Waals surface area contributed by atoms with Gasteiger partial charge in [0.25, 0.3) is 5.91 Å². The second-order valence-corrected chi connectivity index (χ2v) is 10.6. The van der Waals surface area contributed by atoms with E-state index in [0.29, 0.717) is 51.4 Å². The number of dihydropyridines is 1. The summed E-state index contributed by atoms with van der Waals surface area (Å²) in [5.74, 6) is 0.649. The molecule has 0 unspecified atom stereocenters. The van der Waals surface area contributed by atoms with Gasteiger partial charge in [-0.25, -0.2) is 0 Å². The summed E-state index contributed by atoms with van der Waals surface area (Å²) in [4.78, 5) is 28.8. The molecule has 0 aliphatic carbocycles. The molecule has 0 radical (unpaired) electrons. The van der Waals surface area contributed by atoms with E-state index in [0.717, 1.165) is 24.1 Å². The number of carbonyl (C=O) groups excluding carboxylic acids is 2. The van der Waals surface area contributed by atoms with Gasteiger partial charge in [0.1, 0.15) is 17.3 Å². The monoisotopic (exact) mass is 554 g/mol. The Bertz CT molecular complexity index is 1560. The fourth-order valence-corrected chi connectivity index (χ4v) is 6.13. The van der Waals surface area contributed by atoms with E-state index in [4.69, 9.17) is 9.15 Å². The molecule has 5 rings (SSSR count). The van der Waals surface area contributed by atoms with E-state index in [1.54, 1.807) is 31.2 Å². The average Bonchev–Trinajstić information content (AvgIpc) is 3.41. The van der Waals surface area contributed by atoms with Crippen molar-refractivity contribution in [1.82, 2.24) is 5.32 Å². The lowest BCUT2D eigenvalue weighted by Crippen LogP contribution is -2.37. The van der Waals surface area contributed by atoms with Crippen molar-refractivity contribution >= 4 is 35.0 Å². The van der Waals surface area contributed by atoms with Crippen molar-refractivity contribution in [3.05, 3.63) is 99.6 Å². The van der Waals surface area contributed by atoms with Crippen molar-refractivity contribution < 1.29 is 18.7 Å². The molecule has 2 aliphatic heterocycles. The highest BCUT2D eigenvalue weighted by atomic mass is 32.2. The maximum Gasteiger partial charge on any atom is 0.254 e. The highest BCUT2D eigenvalue weighted by Gasteiger charge is 2.37. The van der Waals surface area contributed by atoms with E-state index < -0.39 is 5.92 Å². The standard InChI is InChI=1S/C31H30N4O4S/c1-19-14-15-26(39-19)29-22(17-32)31(40-18-27(36)35-16-8-10-21-9-4-6-12-24(21)35)33-20(2)28(29)30(37)34-23-11-5-7-13-25(23)38-3/h4-7,9,11-15,29,33H,8,10,16,18H2,1-3H3,(H,34,37)/t29-/m0/s1. The number of hydrogen-bond donors (Lipinski definition) is 2. The lowest BCUT2D eigenvalue weighted by atomic mass is 9.85. The summed E-state index contributed by atoms with van der Waals surface area (Å²) in [6, 6.07) is 21.0. The molecule has 3 aromatic rings. The molecule has 0 spiro atoms. The number of nitriles is 1. The second-order valence-electron chi connectivity index (χ2n) is 9.62. The zero-order chi connectivity index (χ0) is 28.2. The first-order valence-electron chi connectivity index (χ1n) is 13.0. The van der Waals surface area contributed by atoms with Gasteiger partial charge in [0, 0.05) is 17.9 Å². The van der Waals surface area contributed by atoms with Crippen molar-refractivity contribution in [2.45, 2.75) is 32.6 Å². The third-order valence-electron chi connectivity index (χ3n) is 7.04. The first-order valence-corrected chi connectivity index (χ1v) is 14.0. The molecule has 8 nitrogen and oxygen atoms in total. The first kappa shape index (κ1) is 27.2. The van der Waals surface area contributed by atoms with Crippen molar-refractivity contribution in [2.24, 2.45) is 0 Å². The van der Waals surface area contributed by atoms with Crippen molar-refractivity contribution in [3.63, 3.8) is 0 Å². The summed E-state index contributed by atoms with van der Waals surface area (Å²) in [6.45, 7) is 4.27. The van der Waals surface area contributed by atoms with Crippen LogP contribution in [0.15, 0.2) is 87.0 Å². The molecular weight excluding hydrogens is 524 g/mol. The quantitative estimate of drug-likeness (QED) is 0.389. The molecule has 0 saturated carbocycles. The van der Waals surface area contributed by atoms with Gasteiger partial charge in [0.05, 0.1) is 46.7 Å². The Hall–Kier alpha value is -4.42. The number of fused-ring (bicyclic) bond motifs is 1. The van der Waals surface area contributed by atoms with Gasteiger partial charge in [-0.2, -0.15) is 5.26 Å². The number of benzene rings is 2. The average molecular weight is 555 g/mol. The first-order chi connectivity index (χ1) is 19.4. The Morgan fingerprint density at radius 3 is 2.67 bits per heavy atom. The van der Waals surface area contributed by atoms with Crippen molar-refractivity contribution in [2.75, 3.05) is 29.6 Å². The summed E-state index contributed by atoms with van der Waals surface area (Å²) in [7, 11) is 1.54. The molecule has 1 aromatic heterocycles. The number of anilines is 2. The van der Waals surface area contributed by atoms with E-state index in [1.165, 1.54) is 18.9 Å². The number of nitrogens with zero attached hydrogens (tertiary/aromatic N) is 2. The van der Waals surface area contributed by atoms with Crippen LogP contribution in [0.1, 0.15) is 36.3 Å². The minimum atomic E-state index is -0.747. The summed E-state index contributed by atoms with van der Waals surface area (Å²) >= 11 is 1.27. The Labute approximate surface area is 237 Å². The van der Waals surface area contributed by atoms with Crippen LogP contribution in [0.3, 0.4) is 0 Å². The fraction of sp³-hybridized carbons (Fsp3) is 0.258. The van der Waals surface area contributed by atoms with Crippen molar-refractivity contribution in [1.29, 1.82) is 5.26 Å².